The van der Waals surface area contributed by atoms with E-state index in [0.29, 0.717) is 6.04 Å². The van der Waals surface area contributed by atoms with Gasteiger partial charge in [0.1, 0.15) is 0 Å². The summed E-state index contributed by atoms with van der Waals surface area (Å²) in [5, 5.41) is 3.35. The smallest absolute Gasteiger partial charge is 0.0846 e. The molecule has 0 spiro atoms. The van der Waals surface area contributed by atoms with Crippen LogP contribution in [0.3, 0.4) is 0 Å². The summed E-state index contributed by atoms with van der Waals surface area (Å²) in [5.74, 6) is 3.52. The predicted molar refractivity (Wildman–Crippen MR) is 68.3 cm³/mol. The molecule has 1 aliphatic carbocycles. The summed E-state index contributed by atoms with van der Waals surface area (Å²) in [5.41, 5.74) is -0.0342. The summed E-state index contributed by atoms with van der Waals surface area (Å²) in [7, 11) is 1.99. The van der Waals surface area contributed by atoms with Gasteiger partial charge in [-0.2, -0.15) is 0 Å². The maximum atomic E-state index is 6.09. The topological polar surface area (TPSA) is 21.3 Å². The SMILES string of the molecule is C#CCC(NC)C1(OCC)CCCC(C)C1. The van der Waals surface area contributed by atoms with Crippen LogP contribution in [-0.4, -0.2) is 25.3 Å². The van der Waals surface area contributed by atoms with Crippen molar-refractivity contribution in [1.29, 1.82) is 0 Å². The molecule has 1 fully saturated rings. The number of hydrogen-bond donors (Lipinski definition) is 1. The largest absolute Gasteiger partial charge is 0.374 e. The molecule has 0 aromatic rings. The third kappa shape index (κ3) is 2.99. The normalized spacial score (nSPS) is 32.0. The molecule has 3 atom stereocenters. The van der Waals surface area contributed by atoms with Gasteiger partial charge >= 0.3 is 0 Å². The van der Waals surface area contributed by atoms with Crippen molar-refractivity contribution >= 4 is 0 Å². The number of likely N-dealkylation sites (N-methyl/N-ethyl adjacent to an activating group) is 1. The Hall–Kier alpha value is -0.520. The van der Waals surface area contributed by atoms with Crippen LogP contribution < -0.4 is 5.32 Å². The Kier molecular flexibility index (Phi) is 5.31. The molecule has 0 amide bonds. The molecule has 0 radical (unpaired) electrons. The van der Waals surface area contributed by atoms with E-state index in [1.165, 1.54) is 12.8 Å². The molecule has 1 rings (SSSR count). The van der Waals surface area contributed by atoms with Gasteiger partial charge in [-0.3, -0.25) is 0 Å². The van der Waals surface area contributed by atoms with Crippen LogP contribution in [0.5, 0.6) is 0 Å². The molecule has 0 bridgehead atoms. The summed E-state index contributed by atoms with van der Waals surface area (Å²) < 4.78 is 6.09. The zero-order valence-corrected chi connectivity index (χ0v) is 10.9. The van der Waals surface area contributed by atoms with E-state index in [1.54, 1.807) is 0 Å². The van der Waals surface area contributed by atoms with Gasteiger partial charge in [-0.1, -0.05) is 19.8 Å². The Bertz CT molecular complexity index is 242. The minimum atomic E-state index is -0.0342. The molecular weight excluding hydrogens is 198 g/mol. The molecule has 0 aromatic heterocycles. The Labute approximate surface area is 100 Å². The molecule has 1 saturated carbocycles. The molecule has 0 aromatic carbocycles. The summed E-state index contributed by atoms with van der Waals surface area (Å²) in [6.07, 6.45) is 11.1. The van der Waals surface area contributed by atoms with Crippen LogP contribution in [0.4, 0.5) is 0 Å². The summed E-state index contributed by atoms with van der Waals surface area (Å²) in [6, 6.07) is 0.292. The first-order valence-electron chi connectivity index (χ1n) is 6.43. The molecule has 0 heterocycles. The Morgan fingerprint density at radius 3 is 2.88 bits per heavy atom. The van der Waals surface area contributed by atoms with Crippen molar-refractivity contribution in [1.82, 2.24) is 5.32 Å². The number of hydrogen-bond acceptors (Lipinski definition) is 2. The quantitative estimate of drug-likeness (QED) is 0.723. The minimum Gasteiger partial charge on any atom is -0.374 e. The lowest BCUT2D eigenvalue weighted by molar-refractivity contribution is -0.0979. The zero-order chi connectivity index (χ0) is 12.0. The van der Waals surface area contributed by atoms with Gasteiger partial charge in [0.25, 0.3) is 0 Å². The van der Waals surface area contributed by atoms with Crippen molar-refractivity contribution in [2.24, 2.45) is 5.92 Å². The number of ether oxygens (including phenoxy) is 1. The van der Waals surface area contributed by atoms with Crippen LogP contribution in [0, 0.1) is 18.3 Å². The molecule has 0 saturated heterocycles. The van der Waals surface area contributed by atoms with E-state index >= 15 is 0 Å². The molecule has 2 heteroatoms. The lowest BCUT2D eigenvalue weighted by Gasteiger charge is -2.44. The van der Waals surface area contributed by atoms with Gasteiger partial charge in [-0.15, -0.1) is 12.3 Å². The van der Waals surface area contributed by atoms with Crippen molar-refractivity contribution in [3.63, 3.8) is 0 Å². The average molecular weight is 223 g/mol. The molecule has 16 heavy (non-hydrogen) atoms. The van der Waals surface area contributed by atoms with Gasteiger partial charge in [-0.05, 0) is 32.7 Å². The highest BCUT2D eigenvalue weighted by atomic mass is 16.5. The fraction of sp³-hybridized carbons (Fsp3) is 0.857. The lowest BCUT2D eigenvalue weighted by atomic mass is 9.73. The van der Waals surface area contributed by atoms with Crippen LogP contribution in [0.25, 0.3) is 0 Å². The van der Waals surface area contributed by atoms with Gasteiger partial charge in [0.15, 0.2) is 0 Å². The van der Waals surface area contributed by atoms with Crippen LogP contribution in [0.2, 0.25) is 0 Å². The maximum Gasteiger partial charge on any atom is 0.0846 e. The van der Waals surface area contributed by atoms with Crippen molar-refractivity contribution in [2.45, 2.75) is 57.6 Å². The van der Waals surface area contributed by atoms with Crippen molar-refractivity contribution < 1.29 is 4.74 Å². The van der Waals surface area contributed by atoms with Crippen LogP contribution in [-0.2, 0) is 4.74 Å². The number of nitrogens with one attached hydrogen (secondary N) is 1. The van der Waals surface area contributed by atoms with Crippen molar-refractivity contribution in [2.75, 3.05) is 13.7 Å². The minimum absolute atomic E-state index is 0.0342. The van der Waals surface area contributed by atoms with Gasteiger partial charge < -0.3 is 10.1 Å². The second-order valence-electron chi connectivity index (χ2n) is 4.95. The third-order valence-electron chi connectivity index (χ3n) is 3.73. The van der Waals surface area contributed by atoms with E-state index in [-0.39, 0.29) is 5.60 Å². The van der Waals surface area contributed by atoms with Gasteiger partial charge in [0, 0.05) is 19.1 Å². The third-order valence-corrected chi connectivity index (χ3v) is 3.73. The van der Waals surface area contributed by atoms with Gasteiger partial charge in [0.2, 0.25) is 0 Å². The first kappa shape index (κ1) is 13.5. The van der Waals surface area contributed by atoms with Gasteiger partial charge in [-0.25, -0.2) is 0 Å². The number of terminal acetylenes is 1. The first-order valence-corrected chi connectivity index (χ1v) is 6.43. The molecular formula is C14H25NO. The van der Waals surface area contributed by atoms with E-state index in [4.69, 9.17) is 11.2 Å². The Morgan fingerprint density at radius 1 is 1.62 bits per heavy atom. The Balaban J connectivity index is 2.80. The van der Waals surface area contributed by atoms with E-state index in [9.17, 15) is 0 Å². The first-order chi connectivity index (χ1) is 7.68. The zero-order valence-electron chi connectivity index (χ0n) is 10.9. The summed E-state index contributed by atoms with van der Waals surface area (Å²) in [6.45, 7) is 5.16. The highest BCUT2D eigenvalue weighted by Gasteiger charge is 2.41. The van der Waals surface area contributed by atoms with Crippen molar-refractivity contribution in [3.05, 3.63) is 0 Å². The van der Waals surface area contributed by atoms with Crippen molar-refractivity contribution in [3.8, 4) is 12.3 Å². The van der Waals surface area contributed by atoms with Crippen LogP contribution in [0.15, 0.2) is 0 Å². The second-order valence-corrected chi connectivity index (χ2v) is 4.95. The predicted octanol–water partition coefficient (Wildman–Crippen LogP) is 2.58. The van der Waals surface area contributed by atoms with Crippen LogP contribution >= 0.6 is 0 Å². The number of rotatable bonds is 5. The molecule has 1 aliphatic rings. The second kappa shape index (κ2) is 6.27. The fourth-order valence-corrected chi connectivity index (χ4v) is 3.05. The van der Waals surface area contributed by atoms with Crippen LogP contribution in [0.1, 0.15) is 46.0 Å². The molecule has 0 aliphatic heterocycles. The monoisotopic (exact) mass is 223 g/mol. The average Bonchev–Trinajstić information content (AvgIpc) is 2.26. The highest BCUT2D eigenvalue weighted by Crippen LogP contribution is 2.38. The lowest BCUT2D eigenvalue weighted by Crippen LogP contribution is -2.53. The fourth-order valence-electron chi connectivity index (χ4n) is 3.05. The van der Waals surface area contributed by atoms with E-state index in [0.717, 1.165) is 31.8 Å². The summed E-state index contributed by atoms with van der Waals surface area (Å²) >= 11 is 0. The molecule has 3 unspecified atom stereocenters. The van der Waals surface area contributed by atoms with E-state index in [1.807, 2.05) is 7.05 Å². The molecule has 2 nitrogen and oxygen atoms in total. The molecule has 92 valence electrons. The highest BCUT2D eigenvalue weighted by molar-refractivity contribution is 5.02. The van der Waals surface area contributed by atoms with Gasteiger partial charge in [0.05, 0.1) is 5.60 Å². The van der Waals surface area contributed by atoms with E-state index in [2.05, 4.69) is 25.1 Å². The van der Waals surface area contributed by atoms with E-state index < -0.39 is 0 Å². The maximum absolute atomic E-state index is 6.09. The standard InChI is InChI=1S/C14H25NO/c1-5-8-13(15-4)14(16-6-2)10-7-9-12(3)11-14/h1,12-13,15H,6-11H2,2-4H3. The summed E-state index contributed by atoms with van der Waals surface area (Å²) in [4.78, 5) is 0. The Morgan fingerprint density at radius 2 is 2.38 bits per heavy atom. The molecule has 1 N–H and O–H groups in total.